The Morgan fingerprint density at radius 1 is 1.38 bits per heavy atom. The minimum Gasteiger partial charge on any atom is -0.508 e. The van der Waals surface area contributed by atoms with Crippen molar-refractivity contribution in [2.24, 2.45) is 11.1 Å². The summed E-state index contributed by atoms with van der Waals surface area (Å²) in [5.74, 6) is -1.37. The Morgan fingerprint density at radius 2 is 2.00 bits per heavy atom. The maximum Gasteiger partial charge on any atom is 0.254 e. The fraction of sp³-hybridized carbons (Fsp3) is 0.696. The smallest absolute Gasteiger partial charge is 0.254 e. The molecule has 7 nitrogen and oxygen atoms in total. The fourth-order valence-electron chi connectivity index (χ4n) is 4.66. The van der Waals surface area contributed by atoms with Crippen molar-refractivity contribution in [2.75, 3.05) is 19.7 Å². The average Bonchev–Trinajstić information content (AvgIpc) is 3.08. The van der Waals surface area contributed by atoms with Gasteiger partial charge in [-0.05, 0) is 83.4 Å². The van der Waals surface area contributed by atoms with Crippen LogP contribution in [0.2, 0.25) is 0 Å². The molecule has 1 aromatic carbocycles. The third-order valence-corrected chi connectivity index (χ3v) is 7.92. The Bertz CT molecular complexity index is 883. The first-order chi connectivity index (χ1) is 14.8. The van der Waals surface area contributed by atoms with E-state index in [4.69, 9.17) is 14.6 Å². The number of benzene rings is 1. The lowest BCUT2D eigenvalue weighted by molar-refractivity contribution is -0.161. The van der Waals surface area contributed by atoms with Gasteiger partial charge in [0.15, 0.2) is 11.9 Å². The number of nitrogens with zero attached hydrogens (tertiary/aromatic N) is 1. The first kappa shape index (κ1) is 25.1. The lowest BCUT2D eigenvalue weighted by Gasteiger charge is -2.39. The molecule has 3 atom stereocenters. The molecule has 9 heteroatoms. The van der Waals surface area contributed by atoms with Crippen LogP contribution in [0.5, 0.6) is 5.75 Å². The quantitative estimate of drug-likeness (QED) is 0.665. The van der Waals surface area contributed by atoms with Gasteiger partial charge in [0.1, 0.15) is 11.6 Å². The van der Waals surface area contributed by atoms with Crippen molar-refractivity contribution in [3.05, 3.63) is 29.1 Å². The molecule has 3 rings (SSSR count). The molecule has 180 valence electrons. The van der Waals surface area contributed by atoms with Crippen molar-refractivity contribution in [1.82, 2.24) is 4.90 Å². The molecule has 32 heavy (non-hydrogen) atoms. The molecule has 0 spiro atoms. The van der Waals surface area contributed by atoms with Gasteiger partial charge in [0.25, 0.3) is 5.91 Å². The summed E-state index contributed by atoms with van der Waals surface area (Å²) in [6, 6.07) is 2.82. The van der Waals surface area contributed by atoms with Crippen LogP contribution in [0.1, 0.15) is 64.0 Å². The number of aryl methyl sites for hydroxylation is 1. The normalized spacial score (nSPS) is 23.8. The Morgan fingerprint density at radius 3 is 2.53 bits per heavy atom. The van der Waals surface area contributed by atoms with Gasteiger partial charge in [-0.2, -0.15) is 0 Å². The molecular weight excluding hydrogens is 435 g/mol. The second kappa shape index (κ2) is 9.37. The summed E-state index contributed by atoms with van der Waals surface area (Å²) >= 11 is 0. The zero-order valence-corrected chi connectivity index (χ0v) is 20.3. The minimum atomic E-state index is -1.58. The number of nitrogens with two attached hydrogens (primary N) is 1. The van der Waals surface area contributed by atoms with Gasteiger partial charge in [-0.3, -0.25) is 9.93 Å². The molecule has 2 heterocycles. The number of hydrogen-bond donors (Lipinski definition) is 2. The molecule has 2 fully saturated rings. The zero-order valence-electron chi connectivity index (χ0n) is 19.5. The SMILES string of the molecule is Cc1cc(O)c([C@H](CC(C)(C)S(N)=O)C2CCN(C(=O)[C@H]3COC(C)(C)O3)CC2)cc1F. The number of likely N-dealkylation sites (tertiary alicyclic amines) is 1. The number of phenols is 1. The molecular formula is C23H35FN2O5S. The van der Waals surface area contributed by atoms with Crippen molar-refractivity contribution in [3.8, 4) is 5.75 Å². The second-order valence-corrected chi connectivity index (χ2v) is 11.7. The van der Waals surface area contributed by atoms with Crippen LogP contribution in [0.25, 0.3) is 0 Å². The van der Waals surface area contributed by atoms with Crippen LogP contribution in [-0.4, -0.2) is 56.5 Å². The van der Waals surface area contributed by atoms with Crippen LogP contribution in [-0.2, 0) is 25.3 Å². The van der Waals surface area contributed by atoms with Crippen molar-refractivity contribution in [3.63, 3.8) is 0 Å². The largest absolute Gasteiger partial charge is 0.508 e. The summed E-state index contributed by atoms with van der Waals surface area (Å²) in [4.78, 5) is 14.6. The average molecular weight is 471 g/mol. The molecule has 2 saturated heterocycles. The molecule has 1 aromatic rings. The molecule has 1 unspecified atom stereocenters. The van der Waals surface area contributed by atoms with Gasteiger partial charge in [-0.25, -0.2) is 8.60 Å². The summed E-state index contributed by atoms with van der Waals surface area (Å²) in [5.41, 5.74) is 0.875. The number of rotatable bonds is 6. The van der Waals surface area contributed by atoms with Crippen LogP contribution in [0.4, 0.5) is 4.39 Å². The topological polar surface area (TPSA) is 102 Å². The Hall–Kier alpha value is -1.55. The van der Waals surface area contributed by atoms with E-state index in [9.17, 15) is 18.5 Å². The number of aromatic hydroxyl groups is 1. The molecule has 0 bridgehead atoms. The molecule has 0 aromatic heterocycles. The molecule has 1 amide bonds. The van der Waals surface area contributed by atoms with Crippen LogP contribution >= 0.6 is 0 Å². The van der Waals surface area contributed by atoms with E-state index < -0.39 is 27.6 Å². The van der Waals surface area contributed by atoms with Crippen molar-refractivity contribution >= 4 is 16.9 Å². The van der Waals surface area contributed by atoms with E-state index in [1.165, 1.54) is 12.1 Å². The van der Waals surface area contributed by atoms with E-state index in [1.54, 1.807) is 25.7 Å². The number of carbonyl (C=O) groups is 1. The second-order valence-electron chi connectivity index (χ2n) is 10.0. The van der Waals surface area contributed by atoms with Gasteiger partial charge >= 0.3 is 0 Å². The number of hydrogen-bond acceptors (Lipinski definition) is 5. The third kappa shape index (κ3) is 5.50. The molecule has 2 aliphatic rings. The first-order valence-corrected chi connectivity index (χ1v) is 12.3. The third-order valence-electron chi connectivity index (χ3n) is 6.67. The van der Waals surface area contributed by atoms with Crippen LogP contribution < -0.4 is 5.14 Å². The van der Waals surface area contributed by atoms with E-state index in [2.05, 4.69) is 0 Å². The van der Waals surface area contributed by atoms with Gasteiger partial charge in [0.2, 0.25) is 0 Å². The first-order valence-electron chi connectivity index (χ1n) is 11.1. The number of halogens is 1. The summed E-state index contributed by atoms with van der Waals surface area (Å²) in [6.07, 6.45) is 1.18. The fourth-order valence-corrected chi connectivity index (χ4v) is 5.00. The Kier molecular flexibility index (Phi) is 7.34. The molecule has 0 aliphatic carbocycles. The van der Waals surface area contributed by atoms with Crippen LogP contribution in [0, 0.1) is 18.7 Å². The zero-order chi connectivity index (χ0) is 23.8. The van der Waals surface area contributed by atoms with Crippen molar-refractivity contribution < 1.29 is 28.0 Å². The van der Waals surface area contributed by atoms with Gasteiger partial charge in [0, 0.05) is 18.7 Å². The van der Waals surface area contributed by atoms with Gasteiger partial charge in [-0.1, -0.05) is 0 Å². The van der Waals surface area contributed by atoms with E-state index in [-0.39, 0.29) is 35.9 Å². The van der Waals surface area contributed by atoms with E-state index >= 15 is 0 Å². The van der Waals surface area contributed by atoms with Crippen molar-refractivity contribution in [1.29, 1.82) is 0 Å². The number of amides is 1. The summed E-state index contributed by atoms with van der Waals surface area (Å²) < 4.78 is 37.0. The lowest BCUT2D eigenvalue weighted by atomic mass is 9.75. The number of ether oxygens (including phenoxy) is 2. The highest BCUT2D eigenvalue weighted by Crippen LogP contribution is 2.43. The maximum absolute atomic E-state index is 14.4. The highest BCUT2D eigenvalue weighted by Gasteiger charge is 2.41. The van der Waals surface area contributed by atoms with E-state index in [0.717, 1.165) is 0 Å². The summed E-state index contributed by atoms with van der Waals surface area (Å²) in [6.45, 7) is 10.1. The predicted molar refractivity (Wildman–Crippen MR) is 121 cm³/mol. The highest BCUT2D eigenvalue weighted by atomic mass is 32.2. The van der Waals surface area contributed by atoms with Crippen LogP contribution in [0.15, 0.2) is 12.1 Å². The Labute approximate surface area is 192 Å². The molecule has 0 saturated carbocycles. The summed E-state index contributed by atoms with van der Waals surface area (Å²) in [7, 11) is -1.58. The van der Waals surface area contributed by atoms with E-state index in [0.29, 0.717) is 43.5 Å². The number of phenolic OH excluding ortho intramolecular Hbond substituents is 1. The van der Waals surface area contributed by atoms with Gasteiger partial charge < -0.3 is 19.5 Å². The maximum atomic E-state index is 14.4. The Balaban J connectivity index is 1.78. The van der Waals surface area contributed by atoms with Crippen molar-refractivity contribution in [2.45, 2.75) is 76.4 Å². The number of carbonyl (C=O) groups excluding carboxylic acids is 1. The highest BCUT2D eigenvalue weighted by molar-refractivity contribution is 7.84. The summed E-state index contributed by atoms with van der Waals surface area (Å²) in [5, 5.41) is 16.3. The predicted octanol–water partition coefficient (Wildman–Crippen LogP) is 3.10. The molecule has 2 aliphatic heterocycles. The lowest BCUT2D eigenvalue weighted by Crippen LogP contribution is -2.46. The molecule has 3 N–H and O–H groups in total. The van der Waals surface area contributed by atoms with Gasteiger partial charge in [-0.15, -0.1) is 0 Å². The standard InChI is InChI=1S/C23H35FN2O5S/c1-14-10-19(27)16(11-18(14)24)17(12-22(2,3)32(25)29)15-6-8-26(9-7-15)21(28)20-13-30-23(4,5)31-20/h10-11,15,17,20,27H,6-9,12-13,25H2,1-5H3/t17-,20-,32?/m1/s1. The minimum absolute atomic E-state index is 0.0322. The molecule has 0 radical (unpaired) electrons. The van der Waals surface area contributed by atoms with Crippen LogP contribution in [0.3, 0.4) is 0 Å². The number of piperidine rings is 1. The van der Waals surface area contributed by atoms with Gasteiger partial charge in [0.05, 0.1) is 22.3 Å². The van der Waals surface area contributed by atoms with E-state index in [1.807, 2.05) is 13.8 Å². The monoisotopic (exact) mass is 470 g/mol.